The lowest BCUT2D eigenvalue weighted by Crippen LogP contribution is -2.37. The van der Waals surface area contributed by atoms with Gasteiger partial charge in [-0.05, 0) is 12.5 Å². The number of nitrogens with two attached hydrogens (primary N) is 1. The second-order valence-corrected chi connectivity index (χ2v) is 11.2. The van der Waals surface area contributed by atoms with Crippen LogP contribution in [0.15, 0.2) is 12.1 Å². The molecule has 1 aliphatic rings. The van der Waals surface area contributed by atoms with Crippen LogP contribution in [-0.4, -0.2) is 66.3 Å². The number of hydrogen-bond acceptors (Lipinski definition) is 7. The molecule has 1 fully saturated rings. The van der Waals surface area contributed by atoms with Gasteiger partial charge in [0.25, 0.3) is 0 Å². The summed E-state index contributed by atoms with van der Waals surface area (Å²) in [6.07, 6.45) is 1.50. The number of carbonyl (C=O) groups is 1. The third-order valence-corrected chi connectivity index (χ3v) is 8.35. The lowest BCUT2D eigenvalue weighted by Gasteiger charge is -2.21. The molecule has 1 saturated heterocycles. The van der Waals surface area contributed by atoms with E-state index in [1.807, 2.05) is 0 Å². The number of ether oxygens (including phenoxy) is 1. The SMILES string of the molecule is CS(=O)(=O)N1C[C@H](SSC[C@H](N)C(=O)O)C[C@H]1COCc1cc(F)c(F)cc1F. The molecule has 0 bridgehead atoms. The maximum atomic E-state index is 13.7. The lowest BCUT2D eigenvalue weighted by molar-refractivity contribution is -0.137. The lowest BCUT2D eigenvalue weighted by atomic mass is 10.2. The fourth-order valence-electron chi connectivity index (χ4n) is 2.73. The van der Waals surface area contributed by atoms with Crippen LogP contribution in [0.5, 0.6) is 0 Å². The van der Waals surface area contributed by atoms with E-state index in [-0.39, 0.29) is 36.3 Å². The van der Waals surface area contributed by atoms with Gasteiger partial charge in [0.05, 0.1) is 19.5 Å². The Morgan fingerprint density at radius 3 is 2.62 bits per heavy atom. The van der Waals surface area contributed by atoms with Gasteiger partial charge in [0, 0.05) is 35.2 Å². The van der Waals surface area contributed by atoms with E-state index in [4.69, 9.17) is 15.6 Å². The summed E-state index contributed by atoms with van der Waals surface area (Å²) >= 11 is 0. The van der Waals surface area contributed by atoms with E-state index in [1.165, 1.54) is 25.9 Å². The van der Waals surface area contributed by atoms with Crippen LogP contribution < -0.4 is 5.73 Å². The summed E-state index contributed by atoms with van der Waals surface area (Å²) in [5, 5.41) is 8.68. The Kier molecular flexibility index (Phi) is 8.67. The largest absolute Gasteiger partial charge is 0.480 e. The van der Waals surface area contributed by atoms with Crippen molar-refractivity contribution >= 4 is 37.6 Å². The van der Waals surface area contributed by atoms with Crippen LogP contribution in [-0.2, 0) is 26.2 Å². The first-order valence-electron chi connectivity index (χ1n) is 8.43. The third kappa shape index (κ3) is 7.03. The van der Waals surface area contributed by atoms with Crippen LogP contribution in [0.1, 0.15) is 12.0 Å². The number of sulfonamides is 1. The summed E-state index contributed by atoms with van der Waals surface area (Å²) in [7, 11) is -0.928. The molecule has 0 amide bonds. The van der Waals surface area contributed by atoms with Crippen LogP contribution in [0.2, 0.25) is 0 Å². The van der Waals surface area contributed by atoms with Crippen molar-refractivity contribution in [3.63, 3.8) is 0 Å². The number of benzene rings is 1. The van der Waals surface area contributed by atoms with Gasteiger partial charge in [-0.25, -0.2) is 21.6 Å². The maximum absolute atomic E-state index is 13.7. The number of carboxylic acids is 1. The molecule has 0 unspecified atom stereocenters. The van der Waals surface area contributed by atoms with Crippen molar-refractivity contribution in [2.45, 2.75) is 30.4 Å². The molecule has 0 aliphatic carbocycles. The highest BCUT2D eigenvalue weighted by Gasteiger charge is 2.38. The molecule has 29 heavy (non-hydrogen) atoms. The summed E-state index contributed by atoms with van der Waals surface area (Å²) in [5.41, 5.74) is 5.27. The Bertz CT molecular complexity index is 843. The molecule has 3 atom stereocenters. The molecule has 13 heteroatoms. The van der Waals surface area contributed by atoms with Crippen molar-refractivity contribution in [1.29, 1.82) is 0 Å². The minimum Gasteiger partial charge on any atom is -0.480 e. The molecular weight excluding hydrogens is 453 g/mol. The normalized spacial score (nSPS) is 21.4. The van der Waals surface area contributed by atoms with Crippen molar-refractivity contribution in [1.82, 2.24) is 4.31 Å². The van der Waals surface area contributed by atoms with Gasteiger partial charge in [-0.2, -0.15) is 4.31 Å². The highest BCUT2D eigenvalue weighted by molar-refractivity contribution is 8.77. The molecule has 1 aliphatic heterocycles. The number of aliphatic carboxylic acids is 1. The summed E-state index contributed by atoms with van der Waals surface area (Å²) in [4.78, 5) is 10.7. The third-order valence-electron chi connectivity index (χ3n) is 4.18. The Hall–Kier alpha value is -0.990. The molecule has 0 aromatic heterocycles. The van der Waals surface area contributed by atoms with E-state index in [9.17, 15) is 26.4 Å². The summed E-state index contributed by atoms with van der Waals surface area (Å²) in [6.45, 7) is -0.175. The number of nitrogens with zero attached hydrogens (tertiary/aromatic N) is 1. The highest BCUT2D eigenvalue weighted by Crippen LogP contribution is 2.36. The Labute approximate surface area is 174 Å². The average Bonchev–Trinajstić information content (AvgIpc) is 3.02. The molecule has 0 radical (unpaired) electrons. The van der Waals surface area contributed by atoms with E-state index in [0.29, 0.717) is 18.6 Å². The molecule has 164 valence electrons. The first-order chi connectivity index (χ1) is 13.5. The zero-order chi connectivity index (χ0) is 21.8. The van der Waals surface area contributed by atoms with Crippen LogP contribution in [0.25, 0.3) is 0 Å². The van der Waals surface area contributed by atoms with Crippen molar-refractivity contribution in [3.8, 4) is 0 Å². The summed E-state index contributed by atoms with van der Waals surface area (Å²) in [6, 6.07) is -0.387. The molecule has 0 spiro atoms. The van der Waals surface area contributed by atoms with Crippen LogP contribution in [0.4, 0.5) is 13.2 Å². The van der Waals surface area contributed by atoms with Crippen molar-refractivity contribution in [2.75, 3.05) is 25.2 Å². The van der Waals surface area contributed by atoms with Gasteiger partial charge < -0.3 is 15.6 Å². The molecule has 1 aromatic rings. The number of hydrogen-bond donors (Lipinski definition) is 2. The van der Waals surface area contributed by atoms with Crippen LogP contribution in [0.3, 0.4) is 0 Å². The van der Waals surface area contributed by atoms with Gasteiger partial charge in [-0.3, -0.25) is 4.79 Å². The topological polar surface area (TPSA) is 110 Å². The van der Waals surface area contributed by atoms with Gasteiger partial charge in [0.15, 0.2) is 11.6 Å². The molecule has 7 nitrogen and oxygen atoms in total. The van der Waals surface area contributed by atoms with E-state index in [2.05, 4.69) is 0 Å². The number of rotatable bonds is 10. The second kappa shape index (κ2) is 10.4. The zero-order valence-electron chi connectivity index (χ0n) is 15.4. The van der Waals surface area contributed by atoms with Gasteiger partial charge in [-0.1, -0.05) is 21.6 Å². The quantitative estimate of drug-likeness (QED) is 0.390. The first kappa shape index (κ1) is 24.3. The predicted molar refractivity (Wildman–Crippen MR) is 105 cm³/mol. The van der Waals surface area contributed by atoms with E-state index >= 15 is 0 Å². The van der Waals surface area contributed by atoms with E-state index < -0.39 is 45.5 Å². The van der Waals surface area contributed by atoms with Gasteiger partial charge in [0.1, 0.15) is 11.9 Å². The van der Waals surface area contributed by atoms with Gasteiger partial charge >= 0.3 is 5.97 Å². The second-order valence-electron chi connectivity index (χ2n) is 6.54. The van der Waals surface area contributed by atoms with Crippen molar-refractivity contribution in [3.05, 3.63) is 35.1 Å². The molecule has 1 aromatic carbocycles. The Morgan fingerprint density at radius 2 is 2.00 bits per heavy atom. The molecule has 2 rings (SSSR count). The van der Waals surface area contributed by atoms with Crippen molar-refractivity contribution < 1.29 is 36.2 Å². The first-order valence-corrected chi connectivity index (χ1v) is 12.7. The Morgan fingerprint density at radius 1 is 1.34 bits per heavy atom. The maximum Gasteiger partial charge on any atom is 0.321 e. The number of halogens is 3. The fourth-order valence-corrected chi connectivity index (χ4v) is 6.72. The van der Waals surface area contributed by atoms with Crippen molar-refractivity contribution in [2.24, 2.45) is 5.73 Å². The average molecular weight is 475 g/mol. The number of carboxylic acid groups (broad SMARTS) is 1. The molecule has 0 saturated carbocycles. The standard InChI is InChI=1S/C16H21F3N2O5S3/c1-29(24,25)21-5-11(28-27-8-15(20)16(22)23)3-10(21)7-26-6-9-2-13(18)14(19)4-12(9)17/h2,4,10-11,15H,3,5-8,20H2,1H3,(H,22,23)/t10-,11+,15-/m0/s1. The van der Waals surface area contributed by atoms with Gasteiger partial charge in [0.2, 0.25) is 10.0 Å². The molecule has 1 heterocycles. The fraction of sp³-hybridized carbons (Fsp3) is 0.562. The zero-order valence-corrected chi connectivity index (χ0v) is 17.8. The smallest absolute Gasteiger partial charge is 0.321 e. The minimum absolute atomic E-state index is 0.0537. The van der Waals surface area contributed by atoms with Crippen LogP contribution in [0, 0.1) is 17.5 Å². The van der Waals surface area contributed by atoms with Gasteiger partial charge in [-0.15, -0.1) is 0 Å². The molecule has 3 N–H and O–H groups in total. The predicted octanol–water partition coefficient (Wildman–Crippen LogP) is 1.82. The minimum atomic E-state index is -3.53. The van der Waals surface area contributed by atoms with Crippen LogP contribution >= 0.6 is 21.6 Å². The summed E-state index contributed by atoms with van der Waals surface area (Å²) in [5.74, 6) is -4.39. The summed E-state index contributed by atoms with van der Waals surface area (Å²) < 4.78 is 70.6. The Balaban J connectivity index is 1.92. The van der Waals surface area contributed by atoms with E-state index in [0.717, 1.165) is 6.26 Å². The molecular formula is C16H21F3N2O5S3. The monoisotopic (exact) mass is 474 g/mol. The highest BCUT2D eigenvalue weighted by atomic mass is 33.1. The van der Waals surface area contributed by atoms with E-state index in [1.54, 1.807) is 0 Å².